The van der Waals surface area contributed by atoms with E-state index in [9.17, 15) is 4.79 Å². The number of carbonyl (C=O) groups excluding carboxylic acids is 1. The first-order chi connectivity index (χ1) is 9.27. The van der Waals surface area contributed by atoms with Gasteiger partial charge >= 0.3 is 0 Å². The van der Waals surface area contributed by atoms with E-state index in [0.717, 1.165) is 44.2 Å². The number of unbranched alkanes of at least 4 members (excludes halogenated alkanes) is 1. The van der Waals surface area contributed by atoms with Crippen molar-refractivity contribution in [2.24, 2.45) is 5.92 Å². The van der Waals surface area contributed by atoms with E-state index in [0.29, 0.717) is 5.78 Å². The maximum Gasteiger partial charge on any atom is 0.144 e. The molecule has 0 aromatic carbocycles. The smallest absolute Gasteiger partial charge is 0.144 e. The Labute approximate surface area is 116 Å². The molecule has 2 unspecified atom stereocenters. The van der Waals surface area contributed by atoms with Crippen LogP contribution in [0.3, 0.4) is 0 Å². The van der Waals surface area contributed by atoms with Crippen molar-refractivity contribution in [2.75, 3.05) is 0 Å². The van der Waals surface area contributed by atoms with Gasteiger partial charge in [0.1, 0.15) is 5.78 Å². The van der Waals surface area contributed by atoms with Crippen molar-refractivity contribution in [3.05, 3.63) is 29.6 Å². The van der Waals surface area contributed by atoms with Crippen molar-refractivity contribution in [3.63, 3.8) is 0 Å². The average Bonchev–Trinajstić information content (AvgIpc) is 2.47. The largest absolute Gasteiger partial charge is 0.299 e. The molecule has 0 amide bonds. The van der Waals surface area contributed by atoms with Gasteiger partial charge in [-0.25, -0.2) is 0 Å². The van der Waals surface area contributed by atoms with Crippen molar-refractivity contribution in [2.45, 2.75) is 64.7 Å². The van der Waals surface area contributed by atoms with Gasteiger partial charge < -0.3 is 0 Å². The Morgan fingerprint density at radius 3 is 3.05 bits per heavy atom. The van der Waals surface area contributed by atoms with Gasteiger partial charge in [0.15, 0.2) is 0 Å². The van der Waals surface area contributed by atoms with Crippen LogP contribution in [0, 0.1) is 5.92 Å². The molecule has 1 aliphatic carbocycles. The molecule has 104 valence electrons. The lowest BCUT2D eigenvalue weighted by Gasteiger charge is -2.26. The summed E-state index contributed by atoms with van der Waals surface area (Å²) in [6.45, 7) is 4.33. The lowest BCUT2D eigenvalue weighted by molar-refractivity contribution is -0.125. The number of aromatic nitrogens is 1. The molecule has 2 nitrogen and oxygen atoms in total. The summed E-state index contributed by atoms with van der Waals surface area (Å²) in [5, 5.41) is 0. The van der Waals surface area contributed by atoms with Crippen molar-refractivity contribution < 1.29 is 4.79 Å². The molecule has 2 heteroatoms. The van der Waals surface area contributed by atoms with Crippen LogP contribution in [0.1, 0.15) is 69.5 Å². The predicted octanol–water partition coefficient (Wildman–Crippen LogP) is 4.29. The second kappa shape index (κ2) is 6.83. The fourth-order valence-corrected chi connectivity index (χ4v) is 3.17. The van der Waals surface area contributed by atoms with Crippen LogP contribution in [0.25, 0.3) is 0 Å². The van der Waals surface area contributed by atoms with Crippen LogP contribution in [-0.4, -0.2) is 10.8 Å². The number of nitrogens with zero attached hydrogens (tertiary/aromatic N) is 1. The second-order valence-corrected chi connectivity index (χ2v) is 5.64. The third-order valence-electron chi connectivity index (χ3n) is 4.34. The zero-order chi connectivity index (χ0) is 13.7. The highest BCUT2D eigenvalue weighted by molar-refractivity contribution is 5.88. The van der Waals surface area contributed by atoms with Crippen LogP contribution in [0.2, 0.25) is 0 Å². The van der Waals surface area contributed by atoms with Crippen molar-refractivity contribution >= 4 is 5.78 Å². The quantitative estimate of drug-likeness (QED) is 0.763. The van der Waals surface area contributed by atoms with Gasteiger partial charge in [-0.05, 0) is 43.7 Å². The van der Waals surface area contributed by atoms with Gasteiger partial charge in [0.2, 0.25) is 0 Å². The lowest BCUT2D eigenvalue weighted by Crippen LogP contribution is -2.26. The van der Waals surface area contributed by atoms with Crippen LogP contribution in [0.15, 0.2) is 18.3 Å². The first-order valence-corrected chi connectivity index (χ1v) is 7.75. The minimum Gasteiger partial charge on any atom is -0.299 e. The molecule has 2 atom stereocenters. The maximum absolute atomic E-state index is 12.8. The molecule has 0 saturated carbocycles. The van der Waals surface area contributed by atoms with Crippen LogP contribution in [-0.2, 0) is 11.2 Å². The number of aryl methyl sites for hydroxylation is 1. The summed E-state index contributed by atoms with van der Waals surface area (Å²) in [7, 11) is 0. The van der Waals surface area contributed by atoms with Gasteiger partial charge in [-0.15, -0.1) is 0 Å². The van der Waals surface area contributed by atoms with Gasteiger partial charge in [0.25, 0.3) is 0 Å². The number of rotatable bonds is 6. The van der Waals surface area contributed by atoms with Gasteiger partial charge in [-0.1, -0.05) is 32.8 Å². The molecule has 0 fully saturated rings. The number of pyridine rings is 1. The minimum atomic E-state index is 0.0618. The lowest BCUT2D eigenvalue weighted by atomic mass is 9.78. The zero-order valence-corrected chi connectivity index (χ0v) is 12.2. The number of fused-ring (bicyclic) bond motifs is 1. The Kier molecular flexibility index (Phi) is 5.12. The zero-order valence-electron chi connectivity index (χ0n) is 12.2. The highest BCUT2D eigenvalue weighted by Crippen LogP contribution is 2.34. The first kappa shape index (κ1) is 14.2. The number of carbonyl (C=O) groups is 1. The van der Waals surface area contributed by atoms with E-state index in [4.69, 9.17) is 0 Å². The summed E-state index contributed by atoms with van der Waals surface area (Å²) >= 11 is 0. The molecule has 0 spiro atoms. The molecule has 0 N–H and O–H groups in total. The van der Waals surface area contributed by atoms with E-state index in [1.807, 2.05) is 12.3 Å². The van der Waals surface area contributed by atoms with Gasteiger partial charge in [0, 0.05) is 12.1 Å². The summed E-state index contributed by atoms with van der Waals surface area (Å²) in [6.07, 6.45) is 9.37. The molecule has 1 aliphatic rings. The van der Waals surface area contributed by atoms with E-state index >= 15 is 0 Å². The molecule has 0 saturated heterocycles. The average molecular weight is 259 g/mol. The number of hydrogen-bond acceptors (Lipinski definition) is 2. The van der Waals surface area contributed by atoms with Crippen molar-refractivity contribution in [3.8, 4) is 0 Å². The Morgan fingerprint density at radius 2 is 2.32 bits per heavy atom. The predicted molar refractivity (Wildman–Crippen MR) is 78.2 cm³/mol. The Hall–Kier alpha value is -1.18. The van der Waals surface area contributed by atoms with Crippen LogP contribution >= 0.6 is 0 Å². The number of ketones is 1. The third-order valence-corrected chi connectivity index (χ3v) is 4.34. The Bertz CT molecular complexity index is 427. The van der Waals surface area contributed by atoms with E-state index in [1.54, 1.807) is 0 Å². The normalized spacial score (nSPS) is 19.8. The molecule has 0 aliphatic heterocycles. The molecule has 0 radical (unpaired) electrons. The summed E-state index contributed by atoms with van der Waals surface area (Å²) in [4.78, 5) is 17.3. The molecule has 1 heterocycles. The van der Waals surface area contributed by atoms with Crippen molar-refractivity contribution in [1.82, 2.24) is 4.98 Å². The molecule has 1 aromatic rings. The summed E-state index contributed by atoms with van der Waals surface area (Å²) in [5.41, 5.74) is 2.35. The fraction of sp³-hybridized carbons (Fsp3) is 0.647. The van der Waals surface area contributed by atoms with E-state index < -0.39 is 0 Å². The van der Waals surface area contributed by atoms with E-state index in [2.05, 4.69) is 24.9 Å². The molecule has 19 heavy (non-hydrogen) atoms. The SMILES string of the molecule is CCCCC(CC)C(=O)C1CCCc2cccnc21. The minimum absolute atomic E-state index is 0.0618. The number of Topliss-reactive ketones (excluding diaryl/α,β-unsaturated/α-hetero) is 1. The van der Waals surface area contributed by atoms with E-state index in [-0.39, 0.29) is 11.8 Å². The maximum atomic E-state index is 12.8. The Morgan fingerprint density at radius 1 is 1.47 bits per heavy atom. The summed E-state index contributed by atoms with van der Waals surface area (Å²) in [6, 6.07) is 4.12. The highest BCUT2D eigenvalue weighted by Gasteiger charge is 2.31. The van der Waals surface area contributed by atoms with Crippen LogP contribution in [0.5, 0.6) is 0 Å². The summed E-state index contributed by atoms with van der Waals surface area (Å²) < 4.78 is 0. The first-order valence-electron chi connectivity index (χ1n) is 7.75. The van der Waals surface area contributed by atoms with Gasteiger partial charge in [0.05, 0.1) is 11.6 Å². The molecule has 1 aromatic heterocycles. The Balaban J connectivity index is 2.15. The third kappa shape index (κ3) is 3.23. The standard InChI is InChI=1S/C17H25NO/c1-3-5-8-13(4-2)17(19)15-11-6-9-14-10-7-12-18-16(14)15/h7,10,12-13,15H,3-6,8-9,11H2,1-2H3. The second-order valence-electron chi connectivity index (χ2n) is 5.64. The number of hydrogen-bond donors (Lipinski definition) is 0. The fourth-order valence-electron chi connectivity index (χ4n) is 3.17. The monoisotopic (exact) mass is 259 g/mol. The molecular weight excluding hydrogens is 234 g/mol. The van der Waals surface area contributed by atoms with E-state index in [1.165, 1.54) is 12.0 Å². The van der Waals surface area contributed by atoms with Gasteiger partial charge in [-0.3, -0.25) is 9.78 Å². The molecule has 0 bridgehead atoms. The van der Waals surface area contributed by atoms with Crippen LogP contribution in [0.4, 0.5) is 0 Å². The molecular formula is C17H25NO. The summed E-state index contributed by atoms with van der Waals surface area (Å²) in [5.74, 6) is 0.736. The molecule has 2 rings (SSSR count). The topological polar surface area (TPSA) is 30.0 Å². The van der Waals surface area contributed by atoms with Crippen molar-refractivity contribution in [1.29, 1.82) is 0 Å². The van der Waals surface area contributed by atoms with Gasteiger partial charge in [-0.2, -0.15) is 0 Å². The van der Waals surface area contributed by atoms with Crippen LogP contribution < -0.4 is 0 Å². The highest BCUT2D eigenvalue weighted by atomic mass is 16.1.